The summed E-state index contributed by atoms with van der Waals surface area (Å²) in [4.78, 5) is 2.46. The van der Waals surface area contributed by atoms with Crippen LogP contribution in [-0.4, -0.2) is 0 Å². The van der Waals surface area contributed by atoms with Crippen LogP contribution in [0.1, 0.15) is 19.4 Å². The smallest absolute Gasteiger partial charge is 0.0148 e. The standard InChI is InChI=1S/C11H15NS/c1-8-6-4-5-7-11(8)13-10(3)9(2)12/h4-7H,12H2,1-3H3/b10-9-. The number of hydrogen-bond donors (Lipinski definition) is 1. The van der Waals surface area contributed by atoms with E-state index in [2.05, 4.69) is 25.1 Å². The molecule has 0 fully saturated rings. The monoisotopic (exact) mass is 193 g/mol. The third-order valence-corrected chi connectivity index (χ3v) is 3.22. The number of rotatable bonds is 2. The van der Waals surface area contributed by atoms with Crippen molar-refractivity contribution in [2.75, 3.05) is 0 Å². The molecular weight excluding hydrogens is 178 g/mol. The third kappa shape index (κ3) is 2.81. The Morgan fingerprint density at radius 2 is 1.85 bits per heavy atom. The van der Waals surface area contributed by atoms with Crippen LogP contribution >= 0.6 is 11.8 Å². The molecule has 0 spiro atoms. The van der Waals surface area contributed by atoms with Crippen LogP contribution in [0.3, 0.4) is 0 Å². The molecule has 1 aromatic carbocycles. The van der Waals surface area contributed by atoms with Gasteiger partial charge >= 0.3 is 0 Å². The molecule has 0 aliphatic rings. The minimum Gasteiger partial charge on any atom is -0.402 e. The van der Waals surface area contributed by atoms with E-state index in [1.165, 1.54) is 15.4 Å². The summed E-state index contributed by atoms with van der Waals surface area (Å²) in [5, 5.41) is 0. The predicted octanol–water partition coefficient (Wildman–Crippen LogP) is 3.30. The average Bonchev–Trinajstić information content (AvgIpc) is 2.08. The Labute approximate surface area is 84.0 Å². The van der Waals surface area contributed by atoms with Gasteiger partial charge in [-0.1, -0.05) is 30.0 Å². The highest BCUT2D eigenvalue weighted by Crippen LogP contribution is 2.29. The number of thioether (sulfide) groups is 1. The first kappa shape index (κ1) is 10.2. The number of benzene rings is 1. The van der Waals surface area contributed by atoms with Crippen molar-refractivity contribution in [2.45, 2.75) is 25.7 Å². The summed E-state index contributed by atoms with van der Waals surface area (Å²) < 4.78 is 0. The topological polar surface area (TPSA) is 26.0 Å². The van der Waals surface area contributed by atoms with Crippen molar-refractivity contribution in [1.29, 1.82) is 0 Å². The molecular formula is C11H15NS. The van der Waals surface area contributed by atoms with Crippen LogP contribution < -0.4 is 5.73 Å². The van der Waals surface area contributed by atoms with E-state index in [0.29, 0.717) is 0 Å². The lowest BCUT2D eigenvalue weighted by Gasteiger charge is -2.06. The maximum Gasteiger partial charge on any atom is 0.0148 e. The van der Waals surface area contributed by atoms with Gasteiger partial charge < -0.3 is 5.73 Å². The van der Waals surface area contributed by atoms with Gasteiger partial charge in [0.1, 0.15) is 0 Å². The molecule has 1 rings (SSSR count). The summed E-state index contributed by atoms with van der Waals surface area (Å²) in [5.41, 5.74) is 7.89. The number of aryl methyl sites for hydroxylation is 1. The molecule has 0 saturated carbocycles. The van der Waals surface area contributed by atoms with Gasteiger partial charge in [0.25, 0.3) is 0 Å². The van der Waals surface area contributed by atoms with Crippen LogP contribution in [0.4, 0.5) is 0 Å². The quantitative estimate of drug-likeness (QED) is 0.729. The molecule has 0 aliphatic carbocycles. The first-order valence-corrected chi connectivity index (χ1v) is 5.09. The second-order valence-corrected chi connectivity index (χ2v) is 4.36. The number of allylic oxidation sites excluding steroid dienone is 2. The lowest BCUT2D eigenvalue weighted by molar-refractivity contribution is 1.26. The number of hydrogen-bond acceptors (Lipinski definition) is 2. The van der Waals surface area contributed by atoms with E-state index in [-0.39, 0.29) is 0 Å². The molecule has 0 bridgehead atoms. The summed E-state index contributed by atoms with van der Waals surface area (Å²) in [6.07, 6.45) is 0. The van der Waals surface area contributed by atoms with Crippen molar-refractivity contribution in [1.82, 2.24) is 0 Å². The largest absolute Gasteiger partial charge is 0.402 e. The van der Waals surface area contributed by atoms with Gasteiger partial charge in [0.15, 0.2) is 0 Å². The zero-order valence-corrected chi connectivity index (χ0v) is 9.11. The van der Waals surface area contributed by atoms with Crippen molar-refractivity contribution in [3.63, 3.8) is 0 Å². The maximum absolute atomic E-state index is 5.69. The Hall–Kier alpha value is -0.890. The predicted molar refractivity (Wildman–Crippen MR) is 59.6 cm³/mol. The van der Waals surface area contributed by atoms with Gasteiger partial charge in [-0.05, 0) is 32.4 Å². The second-order valence-electron chi connectivity index (χ2n) is 3.11. The van der Waals surface area contributed by atoms with Gasteiger partial charge in [-0.15, -0.1) is 0 Å². The SMILES string of the molecule is C/C(N)=C(\C)Sc1ccccc1C. The zero-order chi connectivity index (χ0) is 9.84. The summed E-state index contributed by atoms with van der Waals surface area (Å²) in [6.45, 7) is 6.09. The normalized spacial score (nSPS) is 12.5. The second kappa shape index (κ2) is 4.38. The summed E-state index contributed by atoms with van der Waals surface area (Å²) in [5.74, 6) is 0. The van der Waals surface area contributed by atoms with Crippen molar-refractivity contribution in [3.8, 4) is 0 Å². The molecule has 1 aromatic rings. The molecule has 2 heteroatoms. The average molecular weight is 193 g/mol. The molecule has 0 saturated heterocycles. The zero-order valence-electron chi connectivity index (χ0n) is 8.29. The van der Waals surface area contributed by atoms with Gasteiger partial charge in [-0.3, -0.25) is 0 Å². The van der Waals surface area contributed by atoms with Gasteiger partial charge in [0.05, 0.1) is 0 Å². The van der Waals surface area contributed by atoms with Crippen LogP contribution in [0, 0.1) is 6.92 Å². The maximum atomic E-state index is 5.69. The van der Waals surface area contributed by atoms with Crippen molar-refractivity contribution in [3.05, 3.63) is 40.4 Å². The molecule has 70 valence electrons. The first-order valence-electron chi connectivity index (χ1n) is 4.27. The molecule has 2 N–H and O–H groups in total. The van der Waals surface area contributed by atoms with E-state index in [1.807, 2.05) is 19.9 Å². The van der Waals surface area contributed by atoms with E-state index in [0.717, 1.165) is 5.70 Å². The Morgan fingerprint density at radius 3 is 2.38 bits per heavy atom. The van der Waals surface area contributed by atoms with Crippen LogP contribution in [0.25, 0.3) is 0 Å². The van der Waals surface area contributed by atoms with Crippen LogP contribution in [-0.2, 0) is 0 Å². The molecule has 0 aromatic heterocycles. The Morgan fingerprint density at radius 1 is 1.23 bits per heavy atom. The molecule has 1 nitrogen and oxygen atoms in total. The van der Waals surface area contributed by atoms with Crippen molar-refractivity contribution in [2.24, 2.45) is 5.73 Å². The van der Waals surface area contributed by atoms with E-state index in [1.54, 1.807) is 11.8 Å². The number of nitrogens with two attached hydrogens (primary N) is 1. The summed E-state index contributed by atoms with van der Waals surface area (Å²) >= 11 is 1.73. The molecule has 0 heterocycles. The fraction of sp³-hybridized carbons (Fsp3) is 0.273. The van der Waals surface area contributed by atoms with Crippen LogP contribution in [0.2, 0.25) is 0 Å². The summed E-state index contributed by atoms with van der Waals surface area (Å²) in [6, 6.07) is 8.33. The molecule has 0 radical (unpaired) electrons. The first-order chi connectivity index (χ1) is 6.11. The highest BCUT2D eigenvalue weighted by atomic mass is 32.2. The molecule has 13 heavy (non-hydrogen) atoms. The lowest BCUT2D eigenvalue weighted by atomic mass is 10.2. The lowest BCUT2D eigenvalue weighted by Crippen LogP contribution is -1.93. The van der Waals surface area contributed by atoms with E-state index < -0.39 is 0 Å². The minimum absolute atomic E-state index is 0.897. The van der Waals surface area contributed by atoms with Crippen LogP contribution in [0.5, 0.6) is 0 Å². The molecule has 0 aliphatic heterocycles. The van der Waals surface area contributed by atoms with Gasteiger partial charge in [-0.25, -0.2) is 0 Å². The molecule has 0 atom stereocenters. The highest BCUT2D eigenvalue weighted by Gasteiger charge is 1.99. The third-order valence-electron chi connectivity index (χ3n) is 1.91. The van der Waals surface area contributed by atoms with Gasteiger partial charge in [0, 0.05) is 15.5 Å². The fourth-order valence-electron chi connectivity index (χ4n) is 0.916. The Bertz CT molecular complexity index is 325. The van der Waals surface area contributed by atoms with E-state index in [4.69, 9.17) is 5.73 Å². The minimum atomic E-state index is 0.897. The van der Waals surface area contributed by atoms with E-state index >= 15 is 0 Å². The van der Waals surface area contributed by atoms with Gasteiger partial charge in [0.2, 0.25) is 0 Å². The molecule has 0 amide bonds. The Balaban J connectivity index is 2.87. The van der Waals surface area contributed by atoms with Gasteiger partial charge in [-0.2, -0.15) is 0 Å². The Kier molecular flexibility index (Phi) is 3.43. The fourth-order valence-corrected chi connectivity index (χ4v) is 1.78. The van der Waals surface area contributed by atoms with Crippen molar-refractivity contribution >= 4 is 11.8 Å². The highest BCUT2D eigenvalue weighted by molar-refractivity contribution is 8.03. The van der Waals surface area contributed by atoms with E-state index in [9.17, 15) is 0 Å². The molecule has 0 unspecified atom stereocenters. The summed E-state index contributed by atoms with van der Waals surface area (Å²) in [7, 11) is 0. The van der Waals surface area contributed by atoms with Crippen molar-refractivity contribution < 1.29 is 0 Å². The van der Waals surface area contributed by atoms with Crippen LogP contribution in [0.15, 0.2) is 39.8 Å².